The maximum atomic E-state index is 11.2. The smallest absolute Gasteiger partial charge is 0.344 e. The van der Waals surface area contributed by atoms with Crippen LogP contribution in [0.1, 0.15) is 26.2 Å². The molecule has 0 unspecified atom stereocenters. The van der Waals surface area contributed by atoms with E-state index in [0.29, 0.717) is 12.2 Å². The summed E-state index contributed by atoms with van der Waals surface area (Å²) in [4.78, 5) is 11.2. The average molecular weight is 258 g/mol. The van der Waals surface area contributed by atoms with E-state index in [4.69, 9.17) is 4.74 Å². The molecule has 0 aliphatic carbocycles. The summed E-state index contributed by atoms with van der Waals surface area (Å²) in [6.45, 7) is 2.04. The van der Waals surface area contributed by atoms with Gasteiger partial charge in [0.15, 0.2) is 6.10 Å². The fraction of sp³-hybridized carbons (Fsp3) is 0.312. The van der Waals surface area contributed by atoms with E-state index in [-0.39, 0.29) is 0 Å². The molecule has 19 heavy (non-hydrogen) atoms. The lowest BCUT2D eigenvalue weighted by Crippen LogP contribution is -2.26. The number of rotatable bonds is 6. The Balaban J connectivity index is 2.26. The second-order valence-corrected chi connectivity index (χ2v) is 4.56. The molecule has 3 nitrogen and oxygen atoms in total. The molecule has 3 heteroatoms. The minimum absolute atomic E-state index is 0.537. The van der Waals surface area contributed by atoms with E-state index in [1.807, 2.05) is 49.4 Å². The van der Waals surface area contributed by atoms with E-state index in [2.05, 4.69) is 0 Å². The zero-order valence-electron chi connectivity index (χ0n) is 11.0. The summed E-state index contributed by atoms with van der Waals surface area (Å²) in [5.41, 5.74) is 0. The van der Waals surface area contributed by atoms with Crippen LogP contribution in [0.25, 0.3) is 10.8 Å². The van der Waals surface area contributed by atoms with Crippen molar-refractivity contribution < 1.29 is 14.6 Å². The molecule has 100 valence electrons. The maximum Gasteiger partial charge on any atom is 0.344 e. The fourth-order valence-electron chi connectivity index (χ4n) is 2.07. The van der Waals surface area contributed by atoms with E-state index in [1.54, 1.807) is 0 Å². The van der Waals surface area contributed by atoms with Gasteiger partial charge in [-0.3, -0.25) is 0 Å². The highest BCUT2D eigenvalue weighted by atomic mass is 16.5. The van der Waals surface area contributed by atoms with Crippen LogP contribution in [0.5, 0.6) is 5.75 Å². The van der Waals surface area contributed by atoms with Gasteiger partial charge >= 0.3 is 5.97 Å². The van der Waals surface area contributed by atoms with Crippen LogP contribution < -0.4 is 4.74 Å². The van der Waals surface area contributed by atoms with Gasteiger partial charge in [0.05, 0.1) is 0 Å². The maximum absolute atomic E-state index is 11.2. The van der Waals surface area contributed by atoms with Gasteiger partial charge in [-0.25, -0.2) is 4.79 Å². The monoisotopic (exact) mass is 258 g/mol. The largest absolute Gasteiger partial charge is 0.479 e. The zero-order valence-corrected chi connectivity index (χ0v) is 11.0. The third-order valence-corrected chi connectivity index (χ3v) is 3.11. The molecule has 0 aliphatic heterocycles. The van der Waals surface area contributed by atoms with Crippen LogP contribution in [0.4, 0.5) is 0 Å². The first kappa shape index (κ1) is 13.4. The van der Waals surface area contributed by atoms with Gasteiger partial charge in [-0.2, -0.15) is 0 Å². The van der Waals surface area contributed by atoms with Crippen molar-refractivity contribution in [2.75, 3.05) is 0 Å². The van der Waals surface area contributed by atoms with Crippen LogP contribution in [-0.4, -0.2) is 17.2 Å². The van der Waals surface area contributed by atoms with Crippen molar-refractivity contribution in [3.8, 4) is 5.75 Å². The highest BCUT2D eigenvalue weighted by Crippen LogP contribution is 2.26. The van der Waals surface area contributed by atoms with Crippen LogP contribution in [0, 0.1) is 0 Å². The van der Waals surface area contributed by atoms with E-state index < -0.39 is 12.1 Å². The number of ether oxygens (including phenoxy) is 1. The van der Waals surface area contributed by atoms with Gasteiger partial charge in [0.25, 0.3) is 0 Å². The minimum Gasteiger partial charge on any atom is -0.479 e. The van der Waals surface area contributed by atoms with Crippen molar-refractivity contribution >= 4 is 16.7 Å². The Morgan fingerprint density at radius 1 is 1.21 bits per heavy atom. The standard InChI is InChI=1S/C16H18O3/c1-2-3-10-15(16(17)18)19-14-11-6-8-12-7-4-5-9-13(12)14/h4-9,11,15H,2-3,10H2,1H3,(H,17,18)/t15-/m1/s1. The highest BCUT2D eigenvalue weighted by Gasteiger charge is 2.19. The van der Waals surface area contributed by atoms with Crippen molar-refractivity contribution in [3.05, 3.63) is 42.5 Å². The molecule has 2 aromatic rings. The van der Waals surface area contributed by atoms with Gasteiger partial charge in [0.2, 0.25) is 0 Å². The molecular weight excluding hydrogens is 240 g/mol. The number of benzene rings is 2. The van der Waals surface area contributed by atoms with Gasteiger partial charge < -0.3 is 9.84 Å². The summed E-state index contributed by atoms with van der Waals surface area (Å²) in [7, 11) is 0. The molecule has 0 aromatic heterocycles. The Labute approximate surface area is 112 Å². The highest BCUT2D eigenvalue weighted by molar-refractivity contribution is 5.88. The zero-order chi connectivity index (χ0) is 13.7. The lowest BCUT2D eigenvalue weighted by atomic mass is 10.1. The lowest BCUT2D eigenvalue weighted by Gasteiger charge is -2.16. The van der Waals surface area contributed by atoms with Crippen molar-refractivity contribution in [2.24, 2.45) is 0 Å². The normalized spacial score (nSPS) is 12.3. The van der Waals surface area contributed by atoms with E-state index in [0.717, 1.165) is 23.6 Å². The molecule has 0 heterocycles. The first-order chi connectivity index (χ1) is 9.22. The van der Waals surface area contributed by atoms with Crippen molar-refractivity contribution in [1.29, 1.82) is 0 Å². The number of unbranched alkanes of at least 4 members (excludes halogenated alkanes) is 1. The average Bonchev–Trinajstić information content (AvgIpc) is 2.43. The number of hydrogen-bond acceptors (Lipinski definition) is 2. The van der Waals surface area contributed by atoms with Crippen LogP contribution >= 0.6 is 0 Å². The Morgan fingerprint density at radius 3 is 2.68 bits per heavy atom. The summed E-state index contributed by atoms with van der Waals surface area (Å²) in [5.74, 6) is -0.261. The van der Waals surface area contributed by atoms with Crippen LogP contribution in [0.15, 0.2) is 42.5 Å². The Morgan fingerprint density at radius 2 is 1.95 bits per heavy atom. The number of carboxylic acid groups (broad SMARTS) is 1. The molecule has 0 bridgehead atoms. The summed E-state index contributed by atoms with van der Waals surface area (Å²) >= 11 is 0. The third kappa shape index (κ3) is 3.25. The Hall–Kier alpha value is -2.03. The van der Waals surface area contributed by atoms with Gasteiger partial charge in [-0.05, 0) is 24.3 Å². The van der Waals surface area contributed by atoms with Crippen LogP contribution in [0.3, 0.4) is 0 Å². The number of fused-ring (bicyclic) bond motifs is 1. The SMILES string of the molecule is CCCC[C@@H](Oc1cccc2ccccc12)C(=O)O. The number of carboxylic acids is 1. The molecule has 2 aromatic carbocycles. The predicted octanol–water partition coefficient (Wildman–Crippen LogP) is 3.86. The molecule has 1 atom stereocenters. The molecule has 0 spiro atoms. The number of carbonyl (C=O) groups is 1. The Kier molecular flexibility index (Phi) is 4.39. The lowest BCUT2D eigenvalue weighted by molar-refractivity contribution is -0.145. The Bertz CT molecular complexity index is 557. The van der Waals surface area contributed by atoms with Crippen LogP contribution in [0.2, 0.25) is 0 Å². The molecule has 1 N–H and O–H groups in total. The van der Waals surface area contributed by atoms with E-state index in [9.17, 15) is 9.90 Å². The van der Waals surface area contributed by atoms with Gasteiger partial charge in [-0.15, -0.1) is 0 Å². The van der Waals surface area contributed by atoms with Crippen molar-refractivity contribution in [3.63, 3.8) is 0 Å². The van der Waals surface area contributed by atoms with Crippen molar-refractivity contribution in [2.45, 2.75) is 32.3 Å². The predicted molar refractivity (Wildman–Crippen MR) is 75.5 cm³/mol. The first-order valence-corrected chi connectivity index (χ1v) is 6.59. The number of aliphatic carboxylic acids is 1. The molecule has 0 radical (unpaired) electrons. The first-order valence-electron chi connectivity index (χ1n) is 6.59. The quantitative estimate of drug-likeness (QED) is 0.855. The molecule has 0 saturated heterocycles. The van der Waals surface area contributed by atoms with Crippen molar-refractivity contribution in [1.82, 2.24) is 0 Å². The van der Waals surface area contributed by atoms with Gasteiger partial charge in [0, 0.05) is 5.39 Å². The summed E-state index contributed by atoms with van der Waals surface area (Å²) in [5, 5.41) is 11.2. The van der Waals surface area contributed by atoms with Gasteiger partial charge in [-0.1, -0.05) is 49.7 Å². The minimum atomic E-state index is -0.901. The van der Waals surface area contributed by atoms with E-state index >= 15 is 0 Å². The van der Waals surface area contributed by atoms with Gasteiger partial charge in [0.1, 0.15) is 5.75 Å². The molecule has 0 fully saturated rings. The summed E-state index contributed by atoms with van der Waals surface area (Å²) in [6.07, 6.45) is 1.57. The third-order valence-electron chi connectivity index (χ3n) is 3.11. The molecule has 0 saturated carbocycles. The molecule has 2 rings (SSSR count). The fourth-order valence-corrected chi connectivity index (χ4v) is 2.07. The molecule has 0 aliphatic rings. The number of hydrogen-bond donors (Lipinski definition) is 1. The molecular formula is C16H18O3. The van der Waals surface area contributed by atoms with Crippen LogP contribution in [-0.2, 0) is 4.79 Å². The molecule has 0 amide bonds. The summed E-state index contributed by atoms with van der Waals surface area (Å²) < 4.78 is 5.69. The topological polar surface area (TPSA) is 46.5 Å². The second kappa shape index (κ2) is 6.23. The van der Waals surface area contributed by atoms with E-state index in [1.165, 1.54) is 0 Å². The second-order valence-electron chi connectivity index (χ2n) is 4.56. The summed E-state index contributed by atoms with van der Waals surface area (Å²) in [6, 6.07) is 13.5.